The molecule has 0 bridgehead atoms. The lowest BCUT2D eigenvalue weighted by atomic mass is 9.94. The maximum Gasteiger partial charge on any atom is -0.0105 e. The molecule has 0 aliphatic heterocycles. The topological polar surface area (TPSA) is 0 Å². The van der Waals surface area contributed by atoms with Gasteiger partial charge in [0, 0.05) is 0 Å². The van der Waals surface area contributed by atoms with Gasteiger partial charge in [0.25, 0.3) is 0 Å². The van der Waals surface area contributed by atoms with E-state index in [9.17, 15) is 0 Å². The predicted molar refractivity (Wildman–Crippen MR) is 101 cm³/mol. The Balaban J connectivity index is 2.10. The molecule has 0 atom stereocenters. The van der Waals surface area contributed by atoms with Crippen molar-refractivity contribution in [1.29, 1.82) is 0 Å². The first-order chi connectivity index (χ1) is 11.1. The Morgan fingerprint density at radius 3 is 1.26 bits per heavy atom. The number of aryl methyl sites for hydroxylation is 3. The summed E-state index contributed by atoms with van der Waals surface area (Å²) in [5, 5.41) is 0. The SMILES string of the molecule is Cc1ccc(C=C(c2ccc(C)cc2)c2ccc(C)cc2)cc1. The zero-order valence-electron chi connectivity index (χ0n) is 14.0. The quantitative estimate of drug-likeness (QED) is 0.505. The van der Waals surface area contributed by atoms with Crippen molar-refractivity contribution in [2.24, 2.45) is 0 Å². The zero-order valence-corrected chi connectivity index (χ0v) is 14.0. The second-order valence-corrected chi connectivity index (χ2v) is 6.20. The number of rotatable bonds is 3. The molecule has 0 saturated carbocycles. The lowest BCUT2D eigenvalue weighted by Gasteiger charge is -2.10. The van der Waals surface area contributed by atoms with Gasteiger partial charge < -0.3 is 0 Å². The summed E-state index contributed by atoms with van der Waals surface area (Å²) in [6.45, 7) is 6.37. The van der Waals surface area contributed by atoms with E-state index >= 15 is 0 Å². The first-order valence-corrected chi connectivity index (χ1v) is 8.04. The molecule has 3 aromatic rings. The standard InChI is InChI=1S/C23H22/c1-17-4-10-20(11-5-17)16-23(21-12-6-18(2)7-13-21)22-14-8-19(3)9-15-22/h4-16H,1-3H3. The minimum atomic E-state index is 1.23. The Morgan fingerprint density at radius 1 is 0.522 bits per heavy atom. The molecular formula is C23H22. The van der Waals surface area contributed by atoms with E-state index in [1.54, 1.807) is 0 Å². The van der Waals surface area contributed by atoms with E-state index in [-0.39, 0.29) is 0 Å². The summed E-state index contributed by atoms with van der Waals surface area (Å²) in [5.41, 5.74) is 8.84. The fourth-order valence-electron chi connectivity index (χ4n) is 2.63. The van der Waals surface area contributed by atoms with Crippen LogP contribution in [0.3, 0.4) is 0 Å². The molecule has 23 heavy (non-hydrogen) atoms. The highest BCUT2D eigenvalue weighted by Gasteiger charge is 2.05. The van der Waals surface area contributed by atoms with E-state index in [4.69, 9.17) is 0 Å². The Bertz CT molecular complexity index is 754. The molecule has 0 heterocycles. The highest BCUT2D eigenvalue weighted by atomic mass is 14.1. The Morgan fingerprint density at radius 2 is 0.870 bits per heavy atom. The Hall–Kier alpha value is -2.60. The zero-order chi connectivity index (χ0) is 16.2. The molecule has 0 aromatic heterocycles. The molecule has 0 spiro atoms. The highest BCUT2D eigenvalue weighted by molar-refractivity contribution is 5.91. The lowest BCUT2D eigenvalue weighted by molar-refractivity contribution is 1.43. The smallest absolute Gasteiger partial charge is 0.0105 e. The van der Waals surface area contributed by atoms with Crippen LogP contribution < -0.4 is 0 Å². The van der Waals surface area contributed by atoms with Crippen molar-refractivity contribution in [1.82, 2.24) is 0 Å². The molecular weight excluding hydrogens is 276 g/mol. The van der Waals surface area contributed by atoms with Crippen molar-refractivity contribution < 1.29 is 0 Å². The average Bonchev–Trinajstić information content (AvgIpc) is 2.56. The average molecular weight is 298 g/mol. The molecule has 3 rings (SSSR count). The molecule has 0 aliphatic carbocycles. The van der Waals surface area contributed by atoms with Crippen LogP contribution in [0.25, 0.3) is 11.6 Å². The van der Waals surface area contributed by atoms with Crippen LogP contribution >= 0.6 is 0 Å². The Labute approximate surface area is 139 Å². The number of hydrogen-bond acceptors (Lipinski definition) is 0. The van der Waals surface area contributed by atoms with E-state index in [2.05, 4.69) is 99.6 Å². The minimum Gasteiger partial charge on any atom is -0.0587 e. The van der Waals surface area contributed by atoms with Gasteiger partial charge in [-0.3, -0.25) is 0 Å². The number of hydrogen-bond donors (Lipinski definition) is 0. The molecule has 0 N–H and O–H groups in total. The van der Waals surface area contributed by atoms with E-state index in [1.165, 1.54) is 39.0 Å². The van der Waals surface area contributed by atoms with Crippen LogP contribution in [0, 0.1) is 20.8 Å². The summed E-state index contributed by atoms with van der Waals surface area (Å²) in [6.07, 6.45) is 2.27. The van der Waals surface area contributed by atoms with Crippen molar-refractivity contribution in [3.05, 3.63) is 106 Å². The van der Waals surface area contributed by atoms with Crippen LogP contribution in [-0.2, 0) is 0 Å². The van der Waals surface area contributed by atoms with Crippen LogP contribution in [0.4, 0.5) is 0 Å². The van der Waals surface area contributed by atoms with Crippen molar-refractivity contribution in [3.63, 3.8) is 0 Å². The van der Waals surface area contributed by atoms with E-state index in [1.807, 2.05) is 0 Å². The fraction of sp³-hybridized carbons (Fsp3) is 0.130. The summed E-state index contributed by atoms with van der Waals surface area (Å²) < 4.78 is 0. The maximum absolute atomic E-state index is 2.27. The first kappa shape index (κ1) is 15.3. The molecule has 0 unspecified atom stereocenters. The summed E-state index contributed by atoms with van der Waals surface area (Å²) in [6, 6.07) is 26.2. The van der Waals surface area contributed by atoms with Crippen LogP contribution in [0.5, 0.6) is 0 Å². The van der Waals surface area contributed by atoms with Gasteiger partial charge in [-0.1, -0.05) is 89.5 Å². The van der Waals surface area contributed by atoms with E-state index in [0.717, 1.165) is 0 Å². The highest BCUT2D eigenvalue weighted by Crippen LogP contribution is 2.27. The monoisotopic (exact) mass is 298 g/mol. The normalized spacial score (nSPS) is 10.4. The van der Waals surface area contributed by atoms with Gasteiger partial charge in [-0.25, -0.2) is 0 Å². The fourth-order valence-corrected chi connectivity index (χ4v) is 2.63. The van der Waals surface area contributed by atoms with Gasteiger partial charge >= 0.3 is 0 Å². The molecule has 114 valence electrons. The summed E-state index contributed by atoms with van der Waals surface area (Å²) in [4.78, 5) is 0. The summed E-state index contributed by atoms with van der Waals surface area (Å²) >= 11 is 0. The van der Waals surface area contributed by atoms with Gasteiger partial charge in [-0.2, -0.15) is 0 Å². The van der Waals surface area contributed by atoms with Gasteiger partial charge in [-0.05, 0) is 49.1 Å². The summed E-state index contributed by atoms with van der Waals surface area (Å²) in [5.74, 6) is 0. The second-order valence-electron chi connectivity index (χ2n) is 6.20. The third-order valence-corrected chi connectivity index (χ3v) is 4.11. The molecule has 0 heteroatoms. The third kappa shape index (κ3) is 3.78. The van der Waals surface area contributed by atoms with Crippen LogP contribution in [0.2, 0.25) is 0 Å². The largest absolute Gasteiger partial charge is 0.0587 e. The molecule has 0 saturated heterocycles. The molecule has 0 radical (unpaired) electrons. The van der Waals surface area contributed by atoms with Gasteiger partial charge in [0.1, 0.15) is 0 Å². The van der Waals surface area contributed by atoms with E-state index < -0.39 is 0 Å². The molecule has 0 nitrogen and oxygen atoms in total. The van der Waals surface area contributed by atoms with Crippen LogP contribution in [0.15, 0.2) is 72.8 Å². The third-order valence-electron chi connectivity index (χ3n) is 4.11. The first-order valence-electron chi connectivity index (χ1n) is 8.04. The van der Waals surface area contributed by atoms with Crippen LogP contribution in [0.1, 0.15) is 33.4 Å². The lowest BCUT2D eigenvalue weighted by Crippen LogP contribution is -1.89. The van der Waals surface area contributed by atoms with Crippen molar-refractivity contribution in [3.8, 4) is 0 Å². The van der Waals surface area contributed by atoms with Crippen LogP contribution in [-0.4, -0.2) is 0 Å². The van der Waals surface area contributed by atoms with Gasteiger partial charge in [0.15, 0.2) is 0 Å². The molecule has 0 aliphatic rings. The second kappa shape index (κ2) is 6.66. The van der Waals surface area contributed by atoms with Crippen molar-refractivity contribution >= 4 is 11.6 Å². The maximum atomic E-state index is 2.27. The van der Waals surface area contributed by atoms with Crippen molar-refractivity contribution in [2.45, 2.75) is 20.8 Å². The van der Waals surface area contributed by atoms with Gasteiger partial charge in [0.05, 0.1) is 0 Å². The predicted octanol–water partition coefficient (Wildman–Crippen LogP) is 6.20. The molecule has 3 aromatic carbocycles. The van der Waals surface area contributed by atoms with E-state index in [0.29, 0.717) is 0 Å². The van der Waals surface area contributed by atoms with Crippen molar-refractivity contribution in [2.75, 3.05) is 0 Å². The van der Waals surface area contributed by atoms with Gasteiger partial charge in [0.2, 0.25) is 0 Å². The Kier molecular flexibility index (Phi) is 4.43. The summed E-state index contributed by atoms with van der Waals surface area (Å²) in [7, 11) is 0. The molecule has 0 amide bonds. The van der Waals surface area contributed by atoms with Gasteiger partial charge in [-0.15, -0.1) is 0 Å². The number of benzene rings is 3. The molecule has 0 fully saturated rings. The minimum absolute atomic E-state index is 1.23.